The first-order valence-corrected chi connectivity index (χ1v) is 5.65. The van der Waals surface area contributed by atoms with Gasteiger partial charge >= 0.3 is 0 Å². The molecule has 0 spiro atoms. The van der Waals surface area contributed by atoms with E-state index in [1.54, 1.807) is 4.57 Å². The fourth-order valence-electron chi connectivity index (χ4n) is 1.63. The third-order valence-corrected chi connectivity index (χ3v) is 2.93. The topological polar surface area (TPSA) is 115 Å². The summed E-state index contributed by atoms with van der Waals surface area (Å²) in [6.45, 7) is 2.40. The van der Waals surface area contributed by atoms with Crippen molar-refractivity contribution in [2.24, 2.45) is 5.73 Å². The van der Waals surface area contributed by atoms with E-state index in [0.717, 1.165) is 0 Å². The molecule has 0 aliphatic rings. The van der Waals surface area contributed by atoms with E-state index in [-0.39, 0.29) is 11.4 Å². The second kappa shape index (κ2) is 5.82. The Labute approximate surface area is 106 Å². The molecule has 1 atom stereocenters. The molecule has 0 bridgehead atoms. The van der Waals surface area contributed by atoms with Crippen LogP contribution in [0.5, 0.6) is 0 Å². The molecule has 0 radical (unpaired) electrons. The quantitative estimate of drug-likeness (QED) is 0.828. The number of nitriles is 3. The lowest BCUT2D eigenvalue weighted by molar-refractivity contribution is 0.444. The van der Waals surface area contributed by atoms with Gasteiger partial charge in [0, 0.05) is 6.54 Å². The number of hydrogen-bond donors (Lipinski definition) is 1. The van der Waals surface area contributed by atoms with E-state index < -0.39 is 5.54 Å². The zero-order valence-corrected chi connectivity index (χ0v) is 10.2. The highest BCUT2D eigenvalue weighted by Crippen LogP contribution is 2.14. The first-order valence-electron chi connectivity index (χ1n) is 5.65. The molecule has 0 saturated carbocycles. The molecule has 18 heavy (non-hydrogen) atoms. The van der Waals surface area contributed by atoms with Gasteiger partial charge in [0.25, 0.3) is 0 Å². The van der Waals surface area contributed by atoms with Crippen LogP contribution in [0.2, 0.25) is 0 Å². The van der Waals surface area contributed by atoms with Crippen molar-refractivity contribution >= 4 is 0 Å². The summed E-state index contributed by atoms with van der Waals surface area (Å²) in [5, 5.41) is 26.6. The van der Waals surface area contributed by atoms with Crippen LogP contribution in [0, 0.1) is 34.0 Å². The van der Waals surface area contributed by atoms with E-state index in [4.69, 9.17) is 21.5 Å². The van der Waals surface area contributed by atoms with Crippen LogP contribution in [0.4, 0.5) is 0 Å². The molecule has 92 valence electrons. The summed E-state index contributed by atoms with van der Waals surface area (Å²) in [6, 6.07) is 5.91. The van der Waals surface area contributed by atoms with E-state index in [0.29, 0.717) is 25.8 Å². The van der Waals surface area contributed by atoms with Gasteiger partial charge in [0.05, 0.1) is 12.4 Å². The lowest BCUT2D eigenvalue weighted by atomic mass is 9.93. The number of nitrogens with zero attached hydrogens (tertiary/aromatic N) is 5. The van der Waals surface area contributed by atoms with Crippen LogP contribution in [0.1, 0.15) is 37.6 Å². The molecule has 6 nitrogen and oxygen atoms in total. The average Bonchev–Trinajstić information content (AvgIpc) is 2.80. The fraction of sp³-hybridized carbons (Fsp3) is 0.500. The zero-order chi connectivity index (χ0) is 13.6. The molecular formula is C12H14N6. The lowest BCUT2D eigenvalue weighted by Crippen LogP contribution is -2.37. The number of rotatable bonds is 5. The predicted octanol–water partition coefficient (Wildman–Crippen LogP) is 1.04. The van der Waals surface area contributed by atoms with Gasteiger partial charge in [-0.1, -0.05) is 6.92 Å². The van der Waals surface area contributed by atoms with Gasteiger partial charge in [0.2, 0.25) is 0 Å². The maximum absolute atomic E-state index is 8.94. The van der Waals surface area contributed by atoms with Crippen LogP contribution in [0.3, 0.4) is 0 Å². The van der Waals surface area contributed by atoms with Crippen molar-refractivity contribution < 1.29 is 0 Å². The smallest absolute Gasteiger partial charge is 0.176 e. The van der Waals surface area contributed by atoms with E-state index >= 15 is 0 Å². The van der Waals surface area contributed by atoms with Crippen LogP contribution in [0.25, 0.3) is 0 Å². The summed E-state index contributed by atoms with van der Waals surface area (Å²) in [7, 11) is 0. The molecule has 2 N–H and O–H groups in total. The van der Waals surface area contributed by atoms with Crippen LogP contribution in [-0.4, -0.2) is 15.1 Å². The number of nitrogens with two attached hydrogens (primary N) is 1. The van der Waals surface area contributed by atoms with Crippen molar-refractivity contribution in [3.63, 3.8) is 0 Å². The van der Waals surface area contributed by atoms with Crippen molar-refractivity contribution in [1.82, 2.24) is 9.55 Å². The monoisotopic (exact) mass is 242 g/mol. The minimum Gasteiger partial charge on any atom is -0.321 e. The summed E-state index contributed by atoms with van der Waals surface area (Å²) >= 11 is 0. The SMILES string of the molecule is CCC(N)(C#N)CCCn1cnc(C#N)c1C#N. The fourth-order valence-corrected chi connectivity index (χ4v) is 1.63. The second-order valence-corrected chi connectivity index (χ2v) is 4.08. The number of hydrogen-bond acceptors (Lipinski definition) is 5. The van der Waals surface area contributed by atoms with Gasteiger partial charge in [0.15, 0.2) is 11.4 Å². The molecule has 0 aromatic carbocycles. The Bertz CT molecular complexity index is 538. The normalized spacial score (nSPS) is 13.1. The maximum atomic E-state index is 8.94. The molecule has 1 rings (SSSR count). The maximum Gasteiger partial charge on any atom is 0.176 e. The summed E-state index contributed by atoms with van der Waals surface area (Å²) in [5.74, 6) is 0. The Hall–Kier alpha value is -2.36. The van der Waals surface area contributed by atoms with E-state index in [9.17, 15) is 0 Å². The third-order valence-electron chi connectivity index (χ3n) is 2.93. The highest BCUT2D eigenvalue weighted by atomic mass is 15.1. The molecule has 1 heterocycles. The van der Waals surface area contributed by atoms with Crippen LogP contribution in [-0.2, 0) is 6.54 Å². The van der Waals surface area contributed by atoms with E-state index in [1.165, 1.54) is 6.33 Å². The molecule has 1 aromatic rings. The Morgan fingerprint density at radius 1 is 1.39 bits per heavy atom. The molecule has 1 unspecified atom stereocenters. The molecule has 0 amide bonds. The van der Waals surface area contributed by atoms with Gasteiger partial charge in [-0.05, 0) is 19.3 Å². The summed E-state index contributed by atoms with van der Waals surface area (Å²) < 4.78 is 1.62. The van der Waals surface area contributed by atoms with E-state index in [1.807, 2.05) is 19.1 Å². The average molecular weight is 242 g/mol. The van der Waals surface area contributed by atoms with E-state index in [2.05, 4.69) is 11.1 Å². The molecule has 0 aliphatic heterocycles. The Balaban J connectivity index is 2.67. The first-order chi connectivity index (χ1) is 8.60. The van der Waals surface area contributed by atoms with Gasteiger partial charge < -0.3 is 10.3 Å². The van der Waals surface area contributed by atoms with Gasteiger partial charge in [-0.15, -0.1) is 0 Å². The Morgan fingerprint density at radius 3 is 2.61 bits per heavy atom. The van der Waals surface area contributed by atoms with Crippen molar-refractivity contribution in [2.45, 2.75) is 38.3 Å². The van der Waals surface area contributed by atoms with Gasteiger partial charge in [-0.3, -0.25) is 0 Å². The highest BCUT2D eigenvalue weighted by Gasteiger charge is 2.21. The third kappa shape index (κ3) is 2.85. The molecule has 0 fully saturated rings. The van der Waals surface area contributed by atoms with Crippen LogP contribution in [0.15, 0.2) is 6.33 Å². The Morgan fingerprint density at radius 2 is 2.11 bits per heavy atom. The molecule has 1 aromatic heterocycles. The molecule has 6 heteroatoms. The molecule has 0 aliphatic carbocycles. The van der Waals surface area contributed by atoms with Gasteiger partial charge in [-0.2, -0.15) is 15.8 Å². The highest BCUT2D eigenvalue weighted by molar-refractivity contribution is 5.35. The number of aromatic nitrogens is 2. The summed E-state index contributed by atoms with van der Waals surface area (Å²) in [5.41, 5.74) is 5.43. The van der Waals surface area contributed by atoms with Crippen molar-refractivity contribution in [1.29, 1.82) is 15.8 Å². The van der Waals surface area contributed by atoms with Crippen molar-refractivity contribution in [3.8, 4) is 18.2 Å². The largest absolute Gasteiger partial charge is 0.321 e. The van der Waals surface area contributed by atoms with Gasteiger partial charge in [0.1, 0.15) is 17.7 Å². The minimum atomic E-state index is -0.814. The van der Waals surface area contributed by atoms with Gasteiger partial charge in [-0.25, -0.2) is 4.98 Å². The number of aryl methyl sites for hydroxylation is 1. The van der Waals surface area contributed by atoms with Crippen LogP contribution >= 0.6 is 0 Å². The number of imidazole rings is 1. The molecular weight excluding hydrogens is 228 g/mol. The minimum absolute atomic E-state index is 0.132. The zero-order valence-electron chi connectivity index (χ0n) is 10.2. The lowest BCUT2D eigenvalue weighted by Gasteiger charge is -2.18. The predicted molar refractivity (Wildman–Crippen MR) is 63.7 cm³/mol. The standard InChI is InChI=1S/C12H14N6/c1-2-12(16,8-15)4-3-5-18-9-17-10(6-13)11(18)7-14/h9H,2-5,16H2,1H3. The first kappa shape index (κ1) is 13.7. The summed E-state index contributed by atoms with van der Waals surface area (Å²) in [4.78, 5) is 3.84. The Kier molecular flexibility index (Phi) is 4.43. The summed E-state index contributed by atoms with van der Waals surface area (Å²) in [6.07, 6.45) is 3.26. The molecule has 0 saturated heterocycles. The van der Waals surface area contributed by atoms with Crippen LogP contribution < -0.4 is 5.73 Å². The van der Waals surface area contributed by atoms with Crippen molar-refractivity contribution in [2.75, 3.05) is 0 Å². The second-order valence-electron chi connectivity index (χ2n) is 4.08. The van der Waals surface area contributed by atoms with Crippen molar-refractivity contribution in [3.05, 3.63) is 17.7 Å².